The lowest BCUT2D eigenvalue weighted by atomic mass is 10.1. The molecule has 112 valence electrons. The van der Waals surface area contributed by atoms with Crippen LogP contribution in [-0.2, 0) is 0 Å². The minimum Gasteiger partial charge on any atom is -0.370 e. The highest BCUT2D eigenvalue weighted by Gasteiger charge is 2.14. The number of rotatable bonds is 5. The van der Waals surface area contributed by atoms with E-state index in [1.54, 1.807) is 0 Å². The van der Waals surface area contributed by atoms with Gasteiger partial charge >= 0.3 is 0 Å². The maximum Gasteiger partial charge on any atom is 0.159 e. The van der Waals surface area contributed by atoms with Crippen LogP contribution in [0.4, 0.5) is 14.5 Å². The van der Waals surface area contributed by atoms with Crippen molar-refractivity contribution in [2.24, 2.45) is 5.73 Å². The SMILES string of the molecule is CCN(CC(N)c1ccc(F)c(F)c1)c1ccc(C)cc1. The maximum atomic E-state index is 13.3. The van der Waals surface area contributed by atoms with E-state index in [0.717, 1.165) is 18.3 Å². The van der Waals surface area contributed by atoms with E-state index in [2.05, 4.69) is 4.90 Å². The molecule has 2 rings (SSSR count). The Labute approximate surface area is 124 Å². The molecule has 0 radical (unpaired) electrons. The van der Waals surface area contributed by atoms with Crippen molar-refractivity contribution in [1.29, 1.82) is 0 Å². The molecular weight excluding hydrogens is 270 g/mol. The Kier molecular flexibility index (Phi) is 4.91. The fourth-order valence-corrected chi connectivity index (χ4v) is 2.26. The first kappa shape index (κ1) is 15.4. The molecule has 0 bridgehead atoms. The molecule has 2 aromatic carbocycles. The van der Waals surface area contributed by atoms with Gasteiger partial charge in [0.25, 0.3) is 0 Å². The molecule has 0 aliphatic heterocycles. The first-order valence-electron chi connectivity index (χ1n) is 7.03. The van der Waals surface area contributed by atoms with Crippen LogP contribution in [0.15, 0.2) is 42.5 Å². The van der Waals surface area contributed by atoms with Gasteiger partial charge in [0.15, 0.2) is 11.6 Å². The third-order valence-electron chi connectivity index (χ3n) is 3.57. The van der Waals surface area contributed by atoms with Crippen LogP contribution in [-0.4, -0.2) is 13.1 Å². The Morgan fingerprint density at radius 2 is 1.71 bits per heavy atom. The fourth-order valence-electron chi connectivity index (χ4n) is 2.26. The molecule has 21 heavy (non-hydrogen) atoms. The van der Waals surface area contributed by atoms with E-state index in [1.165, 1.54) is 17.7 Å². The zero-order valence-corrected chi connectivity index (χ0v) is 12.3. The number of nitrogens with two attached hydrogens (primary N) is 1. The monoisotopic (exact) mass is 290 g/mol. The lowest BCUT2D eigenvalue weighted by Gasteiger charge is -2.27. The molecule has 0 heterocycles. The Morgan fingerprint density at radius 3 is 2.29 bits per heavy atom. The zero-order chi connectivity index (χ0) is 15.4. The lowest BCUT2D eigenvalue weighted by Crippen LogP contribution is -2.32. The lowest BCUT2D eigenvalue weighted by molar-refractivity contribution is 0.505. The molecule has 0 aliphatic carbocycles. The minimum atomic E-state index is -0.860. The summed E-state index contributed by atoms with van der Waals surface area (Å²) in [7, 11) is 0. The molecule has 0 saturated heterocycles. The third kappa shape index (κ3) is 3.79. The molecule has 0 spiro atoms. The minimum absolute atomic E-state index is 0.374. The van der Waals surface area contributed by atoms with Gasteiger partial charge in [-0.25, -0.2) is 8.78 Å². The van der Waals surface area contributed by atoms with Gasteiger partial charge in [-0.3, -0.25) is 0 Å². The van der Waals surface area contributed by atoms with Gasteiger partial charge in [0, 0.05) is 24.8 Å². The summed E-state index contributed by atoms with van der Waals surface area (Å²) in [5, 5.41) is 0. The molecule has 2 N–H and O–H groups in total. The third-order valence-corrected chi connectivity index (χ3v) is 3.57. The van der Waals surface area contributed by atoms with E-state index in [0.29, 0.717) is 12.1 Å². The molecule has 1 unspecified atom stereocenters. The standard InChI is InChI=1S/C17H20F2N2/c1-3-21(14-7-4-12(2)5-8-14)11-17(20)13-6-9-15(18)16(19)10-13/h4-10,17H,3,11,20H2,1-2H3. The van der Waals surface area contributed by atoms with Crippen molar-refractivity contribution < 1.29 is 8.78 Å². The average molecular weight is 290 g/mol. The first-order chi connectivity index (χ1) is 10.0. The predicted octanol–water partition coefficient (Wildman–Crippen LogP) is 3.80. The number of benzene rings is 2. The van der Waals surface area contributed by atoms with Crippen LogP contribution in [0.5, 0.6) is 0 Å². The van der Waals surface area contributed by atoms with Crippen molar-refractivity contribution in [2.45, 2.75) is 19.9 Å². The summed E-state index contributed by atoms with van der Waals surface area (Å²) in [6.07, 6.45) is 0. The molecule has 0 saturated carbocycles. The fraction of sp³-hybridized carbons (Fsp3) is 0.294. The quantitative estimate of drug-likeness (QED) is 0.907. The van der Waals surface area contributed by atoms with E-state index in [-0.39, 0.29) is 6.04 Å². The molecule has 2 aromatic rings. The number of hydrogen-bond donors (Lipinski definition) is 1. The van der Waals surface area contributed by atoms with Gasteiger partial charge < -0.3 is 10.6 Å². The van der Waals surface area contributed by atoms with E-state index >= 15 is 0 Å². The molecule has 0 amide bonds. The largest absolute Gasteiger partial charge is 0.370 e. The molecular formula is C17H20F2N2. The van der Waals surface area contributed by atoms with Gasteiger partial charge in [-0.05, 0) is 43.7 Å². The second-order valence-electron chi connectivity index (χ2n) is 5.15. The molecule has 0 fully saturated rings. The van der Waals surface area contributed by atoms with Crippen molar-refractivity contribution in [3.8, 4) is 0 Å². The average Bonchev–Trinajstić information content (AvgIpc) is 2.48. The number of nitrogens with zero attached hydrogens (tertiary/aromatic N) is 1. The van der Waals surface area contributed by atoms with Crippen LogP contribution in [0.25, 0.3) is 0 Å². The molecule has 2 nitrogen and oxygen atoms in total. The molecule has 1 atom stereocenters. The second-order valence-corrected chi connectivity index (χ2v) is 5.15. The second kappa shape index (κ2) is 6.68. The zero-order valence-electron chi connectivity index (χ0n) is 12.3. The summed E-state index contributed by atoms with van der Waals surface area (Å²) in [4.78, 5) is 2.12. The highest BCUT2D eigenvalue weighted by molar-refractivity contribution is 5.47. The van der Waals surface area contributed by atoms with Gasteiger partial charge in [-0.15, -0.1) is 0 Å². The maximum absolute atomic E-state index is 13.3. The van der Waals surface area contributed by atoms with Gasteiger partial charge in [-0.2, -0.15) is 0 Å². The Hall–Kier alpha value is -1.94. The van der Waals surface area contributed by atoms with Crippen molar-refractivity contribution in [1.82, 2.24) is 0 Å². The summed E-state index contributed by atoms with van der Waals surface area (Å²) in [6.45, 7) is 5.41. The van der Waals surface area contributed by atoms with Crippen LogP contribution in [0.3, 0.4) is 0 Å². The van der Waals surface area contributed by atoms with E-state index in [9.17, 15) is 8.78 Å². The predicted molar refractivity (Wildman–Crippen MR) is 82.4 cm³/mol. The Bertz CT molecular complexity index is 596. The highest BCUT2D eigenvalue weighted by atomic mass is 19.2. The summed E-state index contributed by atoms with van der Waals surface area (Å²) < 4.78 is 26.2. The number of halogens is 2. The number of anilines is 1. The summed E-state index contributed by atoms with van der Waals surface area (Å²) in [5.41, 5.74) is 8.99. The molecule has 0 aromatic heterocycles. The first-order valence-corrected chi connectivity index (χ1v) is 7.03. The number of aryl methyl sites for hydroxylation is 1. The summed E-state index contributed by atoms with van der Waals surface area (Å²) in [5.74, 6) is -1.71. The van der Waals surface area contributed by atoms with Gasteiger partial charge in [0.2, 0.25) is 0 Å². The Morgan fingerprint density at radius 1 is 1.05 bits per heavy atom. The van der Waals surface area contributed by atoms with Crippen molar-refractivity contribution >= 4 is 5.69 Å². The summed E-state index contributed by atoms with van der Waals surface area (Å²) in [6, 6.07) is 11.6. The van der Waals surface area contributed by atoms with Crippen LogP contribution >= 0.6 is 0 Å². The van der Waals surface area contributed by atoms with E-state index in [4.69, 9.17) is 5.73 Å². The van der Waals surface area contributed by atoms with Gasteiger partial charge in [0.05, 0.1) is 0 Å². The van der Waals surface area contributed by atoms with Gasteiger partial charge in [0.1, 0.15) is 0 Å². The Balaban J connectivity index is 2.13. The number of hydrogen-bond acceptors (Lipinski definition) is 2. The van der Waals surface area contributed by atoms with E-state index in [1.807, 2.05) is 38.1 Å². The van der Waals surface area contributed by atoms with Crippen LogP contribution in [0.1, 0.15) is 24.1 Å². The van der Waals surface area contributed by atoms with Crippen LogP contribution < -0.4 is 10.6 Å². The molecule has 0 aliphatic rings. The van der Waals surface area contributed by atoms with Crippen LogP contribution in [0, 0.1) is 18.6 Å². The number of likely N-dealkylation sites (N-methyl/N-ethyl adjacent to an activating group) is 1. The van der Waals surface area contributed by atoms with E-state index < -0.39 is 11.6 Å². The topological polar surface area (TPSA) is 29.3 Å². The smallest absolute Gasteiger partial charge is 0.159 e. The van der Waals surface area contributed by atoms with Crippen LogP contribution in [0.2, 0.25) is 0 Å². The van der Waals surface area contributed by atoms with Crippen molar-refractivity contribution in [3.63, 3.8) is 0 Å². The van der Waals surface area contributed by atoms with Gasteiger partial charge in [-0.1, -0.05) is 23.8 Å². The van der Waals surface area contributed by atoms with Crippen molar-refractivity contribution in [2.75, 3.05) is 18.0 Å². The van der Waals surface area contributed by atoms with Crippen molar-refractivity contribution in [3.05, 3.63) is 65.2 Å². The summed E-state index contributed by atoms with van der Waals surface area (Å²) >= 11 is 0. The molecule has 4 heteroatoms. The normalized spacial score (nSPS) is 12.2. The highest BCUT2D eigenvalue weighted by Crippen LogP contribution is 2.20.